The van der Waals surface area contributed by atoms with Gasteiger partial charge >= 0.3 is 11.7 Å². The van der Waals surface area contributed by atoms with E-state index < -0.39 is 11.7 Å². The summed E-state index contributed by atoms with van der Waals surface area (Å²) >= 11 is 0. The smallest absolute Gasteiger partial charge is 0.333 e. The lowest BCUT2D eigenvalue weighted by Crippen LogP contribution is -2.42. The van der Waals surface area contributed by atoms with Crippen LogP contribution in [0.2, 0.25) is 0 Å². The van der Waals surface area contributed by atoms with Crippen LogP contribution in [0.3, 0.4) is 0 Å². The van der Waals surface area contributed by atoms with Gasteiger partial charge < -0.3 is 9.30 Å². The molecule has 0 saturated heterocycles. The largest absolute Gasteiger partial charge is 0.468 e. The Balaban J connectivity index is 1.42. The van der Waals surface area contributed by atoms with Crippen LogP contribution < -0.4 is 11.2 Å². The van der Waals surface area contributed by atoms with Crippen molar-refractivity contribution < 1.29 is 9.53 Å². The number of ether oxygens (including phenoxy) is 1. The van der Waals surface area contributed by atoms with Crippen molar-refractivity contribution in [2.24, 2.45) is 5.92 Å². The molecule has 1 aliphatic rings. The number of aromatic amines is 1. The fourth-order valence-corrected chi connectivity index (χ4v) is 5.01. The molecule has 0 unspecified atom stereocenters. The van der Waals surface area contributed by atoms with Gasteiger partial charge in [-0.05, 0) is 40.7 Å². The quantitative estimate of drug-likeness (QED) is 0.281. The lowest BCUT2D eigenvalue weighted by molar-refractivity contribution is -0.141. The third-order valence-corrected chi connectivity index (χ3v) is 7.28. The SMILES string of the molecule is CCc1nc2c(c(=O)n(CC3CC3)c(=O)n2CC(=O)OC)n1Cc1ccc(-c2ccccc2-c2nn[nH]n2)cc1. The van der Waals surface area contributed by atoms with Crippen molar-refractivity contribution in [1.82, 2.24) is 39.3 Å². The van der Waals surface area contributed by atoms with Crippen molar-refractivity contribution >= 4 is 17.1 Å². The van der Waals surface area contributed by atoms with Crippen LogP contribution in [-0.2, 0) is 35.6 Å². The summed E-state index contributed by atoms with van der Waals surface area (Å²) in [6.45, 7) is 2.34. The van der Waals surface area contributed by atoms with Crippen molar-refractivity contribution in [3.8, 4) is 22.5 Å². The molecule has 0 aliphatic heterocycles. The maximum atomic E-state index is 13.7. The molecule has 3 heterocycles. The van der Waals surface area contributed by atoms with E-state index in [1.807, 2.05) is 60.0 Å². The minimum atomic E-state index is -0.579. The van der Waals surface area contributed by atoms with Crippen LogP contribution in [0.5, 0.6) is 0 Å². The van der Waals surface area contributed by atoms with Crippen LogP contribution in [0.1, 0.15) is 31.2 Å². The highest BCUT2D eigenvalue weighted by atomic mass is 16.5. The van der Waals surface area contributed by atoms with Crippen molar-refractivity contribution in [2.45, 2.75) is 45.8 Å². The fraction of sp³-hybridized carbons (Fsp3) is 0.321. The van der Waals surface area contributed by atoms with Crippen LogP contribution in [-0.4, -0.2) is 52.4 Å². The van der Waals surface area contributed by atoms with Crippen LogP contribution in [0.15, 0.2) is 58.1 Å². The van der Waals surface area contributed by atoms with Crippen molar-refractivity contribution in [2.75, 3.05) is 7.11 Å². The number of aryl methyl sites for hydroxylation is 1. The number of methoxy groups -OCH3 is 1. The van der Waals surface area contributed by atoms with Gasteiger partial charge in [0, 0.05) is 25.1 Å². The fourth-order valence-electron chi connectivity index (χ4n) is 5.01. The molecule has 0 spiro atoms. The molecule has 12 nitrogen and oxygen atoms in total. The second-order valence-electron chi connectivity index (χ2n) is 9.92. The maximum Gasteiger partial charge on any atom is 0.333 e. The zero-order valence-corrected chi connectivity index (χ0v) is 22.2. The van der Waals surface area contributed by atoms with E-state index in [9.17, 15) is 14.4 Å². The number of imidazole rings is 1. The summed E-state index contributed by atoms with van der Waals surface area (Å²) in [6.07, 6.45) is 2.49. The molecular formula is C28H28N8O4. The Morgan fingerprint density at radius 1 is 1.02 bits per heavy atom. The molecule has 12 heteroatoms. The first kappa shape index (κ1) is 25.4. The molecule has 1 saturated carbocycles. The van der Waals surface area contributed by atoms with Gasteiger partial charge in [-0.15, -0.1) is 10.2 Å². The number of nitrogens with zero attached hydrogens (tertiary/aromatic N) is 7. The zero-order valence-electron chi connectivity index (χ0n) is 22.2. The first-order chi connectivity index (χ1) is 19.5. The number of H-pyrrole nitrogens is 1. The van der Waals surface area contributed by atoms with E-state index in [4.69, 9.17) is 4.74 Å². The van der Waals surface area contributed by atoms with E-state index in [0.29, 0.717) is 42.6 Å². The second-order valence-corrected chi connectivity index (χ2v) is 9.92. The number of nitrogens with one attached hydrogen (secondary N) is 1. The Labute approximate surface area is 228 Å². The molecule has 204 valence electrons. The maximum absolute atomic E-state index is 13.7. The summed E-state index contributed by atoms with van der Waals surface area (Å²) in [6, 6.07) is 15.9. The molecule has 0 radical (unpaired) electrons. The predicted molar refractivity (Wildman–Crippen MR) is 147 cm³/mol. The van der Waals surface area contributed by atoms with Gasteiger partial charge in [0.25, 0.3) is 5.56 Å². The van der Waals surface area contributed by atoms with Crippen LogP contribution in [0, 0.1) is 5.92 Å². The number of aromatic nitrogens is 8. The van der Waals surface area contributed by atoms with Gasteiger partial charge in [0.05, 0.1) is 7.11 Å². The summed E-state index contributed by atoms with van der Waals surface area (Å²) in [5.74, 6) is 0.877. The Morgan fingerprint density at radius 2 is 1.77 bits per heavy atom. The van der Waals surface area contributed by atoms with Crippen molar-refractivity contribution in [3.05, 3.63) is 80.8 Å². The number of tetrazole rings is 1. The van der Waals surface area contributed by atoms with Crippen LogP contribution >= 0.6 is 0 Å². The van der Waals surface area contributed by atoms with E-state index in [1.54, 1.807) is 0 Å². The third kappa shape index (κ3) is 4.61. The molecule has 40 heavy (non-hydrogen) atoms. The van der Waals surface area contributed by atoms with Gasteiger partial charge in [0.15, 0.2) is 11.2 Å². The highest BCUT2D eigenvalue weighted by Gasteiger charge is 2.27. The molecule has 0 atom stereocenters. The third-order valence-electron chi connectivity index (χ3n) is 7.28. The standard InChI is InChI=1S/C28H28N8O4/c1-3-22-29-26-24(27(38)36(15-17-8-9-17)28(39)35(26)16-23(37)40-2)34(22)14-18-10-12-19(13-11-18)20-6-4-5-7-21(20)25-30-32-33-31-25/h4-7,10-13,17H,3,8-9,14-16H2,1-2H3,(H,30,31,32,33). The van der Waals surface area contributed by atoms with E-state index >= 15 is 0 Å². The van der Waals surface area contributed by atoms with Crippen LogP contribution in [0.25, 0.3) is 33.7 Å². The highest BCUT2D eigenvalue weighted by molar-refractivity contribution is 5.80. The minimum Gasteiger partial charge on any atom is -0.468 e. The lowest BCUT2D eigenvalue weighted by atomic mass is 9.98. The monoisotopic (exact) mass is 540 g/mol. The summed E-state index contributed by atoms with van der Waals surface area (Å²) < 4.78 is 9.20. The summed E-state index contributed by atoms with van der Waals surface area (Å²) in [7, 11) is 1.27. The Kier molecular flexibility index (Phi) is 6.58. The van der Waals surface area contributed by atoms with Crippen LogP contribution in [0.4, 0.5) is 0 Å². The van der Waals surface area contributed by atoms with Gasteiger partial charge in [-0.3, -0.25) is 18.7 Å². The van der Waals surface area contributed by atoms with E-state index in [1.165, 1.54) is 16.2 Å². The zero-order chi connectivity index (χ0) is 27.8. The van der Waals surface area contributed by atoms with Gasteiger partial charge in [-0.1, -0.05) is 55.5 Å². The van der Waals surface area contributed by atoms with Gasteiger partial charge in [-0.25, -0.2) is 9.78 Å². The number of hydrogen-bond donors (Lipinski definition) is 1. The highest BCUT2D eigenvalue weighted by Crippen LogP contribution is 2.31. The number of fused-ring (bicyclic) bond motifs is 1. The first-order valence-corrected chi connectivity index (χ1v) is 13.2. The molecule has 0 amide bonds. The predicted octanol–water partition coefficient (Wildman–Crippen LogP) is 2.40. The second kappa shape index (κ2) is 10.4. The average molecular weight is 541 g/mol. The van der Waals surface area contributed by atoms with Gasteiger partial charge in [-0.2, -0.15) is 5.21 Å². The summed E-state index contributed by atoms with van der Waals surface area (Å²) in [5.41, 5.74) is 3.35. The molecule has 5 aromatic rings. The number of benzene rings is 2. The Morgan fingerprint density at radius 3 is 2.42 bits per heavy atom. The summed E-state index contributed by atoms with van der Waals surface area (Å²) in [4.78, 5) is 43.9. The molecule has 0 bridgehead atoms. The van der Waals surface area contributed by atoms with Gasteiger partial charge in [0.2, 0.25) is 5.82 Å². The lowest BCUT2D eigenvalue weighted by Gasteiger charge is -2.13. The van der Waals surface area contributed by atoms with E-state index in [0.717, 1.165) is 35.1 Å². The van der Waals surface area contributed by atoms with Crippen molar-refractivity contribution in [1.29, 1.82) is 0 Å². The molecule has 1 fully saturated rings. The molecule has 3 aromatic heterocycles. The molecule has 1 aliphatic carbocycles. The number of esters is 1. The molecule has 6 rings (SSSR count). The molecule has 1 N–H and O–H groups in total. The average Bonchev–Trinajstić information content (AvgIpc) is 3.48. The number of carbonyl (C=O) groups excluding carboxylic acids is 1. The van der Waals surface area contributed by atoms with E-state index in [-0.39, 0.29) is 17.8 Å². The minimum absolute atomic E-state index is 0.204. The normalized spacial score (nSPS) is 13.2. The van der Waals surface area contributed by atoms with E-state index in [2.05, 4.69) is 25.6 Å². The van der Waals surface area contributed by atoms with Gasteiger partial charge in [0.1, 0.15) is 12.4 Å². The number of carbonyl (C=O) groups is 1. The topological polar surface area (TPSA) is 143 Å². The molecular weight excluding hydrogens is 512 g/mol. The Bertz CT molecular complexity index is 1810. The number of rotatable bonds is 9. The number of hydrogen-bond acceptors (Lipinski definition) is 8. The molecule has 2 aromatic carbocycles. The summed E-state index contributed by atoms with van der Waals surface area (Å²) in [5, 5.41) is 14.4. The Hall–Kier alpha value is -4.87. The first-order valence-electron chi connectivity index (χ1n) is 13.2. The van der Waals surface area contributed by atoms with Crippen molar-refractivity contribution in [3.63, 3.8) is 0 Å².